The Morgan fingerprint density at radius 2 is 2.25 bits per heavy atom. The highest BCUT2D eigenvalue weighted by molar-refractivity contribution is 5.10. The number of hydrogen-bond donors (Lipinski definition) is 1. The van der Waals surface area contributed by atoms with Crippen LogP contribution in [0.5, 0.6) is 0 Å². The standard InChI is InChI=1S/C10H17NO/c1-4-5-9-6-7-10(12-9)8(2)11-3/h6-8,11H,4-5H2,1-3H3/t8-/m1/s1. The van der Waals surface area contributed by atoms with E-state index in [-0.39, 0.29) is 0 Å². The predicted molar refractivity (Wildman–Crippen MR) is 50.2 cm³/mol. The smallest absolute Gasteiger partial charge is 0.120 e. The van der Waals surface area contributed by atoms with Crippen LogP contribution in [0.15, 0.2) is 16.5 Å². The fraction of sp³-hybridized carbons (Fsp3) is 0.600. The minimum Gasteiger partial charge on any atom is -0.464 e. The average molecular weight is 167 g/mol. The minimum absolute atomic E-state index is 0.315. The van der Waals surface area contributed by atoms with Crippen molar-refractivity contribution in [2.75, 3.05) is 7.05 Å². The molecule has 0 amide bonds. The molecule has 12 heavy (non-hydrogen) atoms. The summed E-state index contributed by atoms with van der Waals surface area (Å²) in [6.45, 7) is 4.25. The van der Waals surface area contributed by atoms with E-state index in [9.17, 15) is 0 Å². The van der Waals surface area contributed by atoms with Gasteiger partial charge in [0, 0.05) is 6.42 Å². The van der Waals surface area contributed by atoms with Crippen molar-refractivity contribution in [1.82, 2.24) is 5.32 Å². The van der Waals surface area contributed by atoms with Gasteiger partial charge in [-0.25, -0.2) is 0 Å². The SMILES string of the molecule is CCCc1ccc([C@@H](C)NC)o1. The van der Waals surface area contributed by atoms with Gasteiger partial charge in [0.2, 0.25) is 0 Å². The van der Waals surface area contributed by atoms with Gasteiger partial charge in [-0.3, -0.25) is 0 Å². The third kappa shape index (κ3) is 2.11. The van der Waals surface area contributed by atoms with E-state index in [1.165, 1.54) is 0 Å². The molecule has 68 valence electrons. The summed E-state index contributed by atoms with van der Waals surface area (Å²) in [7, 11) is 1.94. The first-order valence-electron chi connectivity index (χ1n) is 4.53. The summed E-state index contributed by atoms with van der Waals surface area (Å²) < 4.78 is 5.61. The van der Waals surface area contributed by atoms with Crippen molar-refractivity contribution >= 4 is 0 Å². The van der Waals surface area contributed by atoms with Crippen molar-refractivity contribution in [2.45, 2.75) is 32.7 Å². The maximum atomic E-state index is 5.61. The third-order valence-corrected chi connectivity index (χ3v) is 2.04. The minimum atomic E-state index is 0.315. The van der Waals surface area contributed by atoms with E-state index in [1.54, 1.807) is 0 Å². The molecule has 1 aromatic rings. The van der Waals surface area contributed by atoms with Crippen LogP contribution in [0.2, 0.25) is 0 Å². The van der Waals surface area contributed by atoms with Crippen LogP contribution < -0.4 is 5.32 Å². The number of rotatable bonds is 4. The molecule has 0 bridgehead atoms. The maximum absolute atomic E-state index is 5.61. The summed E-state index contributed by atoms with van der Waals surface area (Å²) in [6, 6.07) is 4.43. The lowest BCUT2D eigenvalue weighted by Crippen LogP contribution is -2.11. The highest BCUT2D eigenvalue weighted by Crippen LogP contribution is 2.16. The molecular formula is C10H17NO. The molecule has 1 aromatic heterocycles. The topological polar surface area (TPSA) is 25.2 Å². The number of aryl methyl sites for hydroxylation is 1. The van der Waals surface area contributed by atoms with Gasteiger partial charge >= 0.3 is 0 Å². The quantitative estimate of drug-likeness (QED) is 0.745. The number of hydrogen-bond acceptors (Lipinski definition) is 2. The van der Waals surface area contributed by atoms with Gasteiger partial charge in [-0.15, -0.1) is 0 Å². The zero-order chi connectivity index (χ0) is 8.97. The predicted octanol–water partition coefficient (Wildman–Crippen LogP) is 2.51. The lowest BCUT2D eigenvalue weighted by atomic mass is 10.2. The van der Waals surface area contributed by atoms with E-state index < -0.39 is 0 Å². The van der Waals surface area contributed by atoms with Gasteiger partial charge < -0.3 is 9.73 Å². The van der Waals surface area contributed by atoms with Crippen LogP contribution >= 0.6 is 0 Å². The first kappa shape index (κ1) is 9.33. The molecule has 0 aliphatic heterocycles. The lowest BCUT2D eigenvalue weighted by Gasteiger charge is -2.05. The second kappa shape index (κ2) is 4.31. The average Bonchev–Trinajstić information content (AvgIpc) is 2.52. The Hall–Kier alpha value is -0.760. The number of furan rings is 1. The molecule has 0 aromatic carbocycles. The highest BCUT2D eigenvalue weighted by atomic mass is 16.3. The molecule has 0 unspecified atom stereocenters. The lowest BCUT2D eigenvalue weighted by molar-refractivity contribution is 0.418. The van der Waals surface area contributed by atoms with E-state index in [0.29, 0.717) is 6.04 Å². The zero-order valence-corrected chi connectivity index (χ0v) is 8.05. The molecule has 0 saturated heterocycles. The molecule has 0 radical (unpaired) electrons. The van der Waals surface area contributed by atoms with Crippen LogP contribution in [0.4, 0.5) is 0 Å². The molecule has 1 atom stereocenters. The van der Waals surface area contributed by atoms with Crippen molar-refractivity contribution in [1.29, 1.82) is 0 Å². The Labute approximate surface area is 74.0 Å². The Balaban J connectivity index is 2.63. The Morgan fingerprint density at radius 1 is 1.50 bits per heavy atom. The van der Waals surface area contributed by atoms with Gasteiger partial charge in [0.25, 0.3) is 0 Å². The van der Waals surface area contributed by atoms with Gasteiger partial charge in [-0.2, -0.15) is 0 Å². The van der Waals surface area contributed by atoms with Gasteiger partial charge in [-0.05, 0) is 32.5 Å². The van der Waals surface area contributed by atoms with Crippen molar-refractivity contribution in [3.63, 3.8) is 0 Å². The summed E-state index contributed by atoms with van der Waals surface area (Å²) in [5.41, 5.74) is 0. The van der Waals surface area contributed by atoms with Crippen molar-refractivity contribution in [3.05, 3.63) is 23.7 Å². The fourth-order valence-electron chi connectivity index (χ4n) is 1.15. The summed E-state index contributed by atoms with van der Waals surface area (Å²) in [5.74, 6) is 2.12. The molecule has 1 heterocycles. The van der Waals surface area contributed by atoms with Gasteiger partial charge in [0.05, 0.1) is 6.04 Å². The molecule has 0 fully saturated rings. The van der Waals surface area contributed by atoms with E-state index in [0.717, 1.165) is 24.4 Å². The monoisotopic (exact) mass is 167 g/mol. The first-order chi connectivity index (χ1) is 5.77. The molecule has 1 rings (SSSR count). The van der Waals surface area contributed by atoms with Crippen LogP contribution in [0, 0.1) is 0 Å². The number of nitrogens with one attached hydrogen (secondary N) is 1. The molecule has 0 aliphatic rings. The molecule has 0 aliphatic carbocycles. The van der Waals surface area contributed by atoms with Crippen molar-refractivity contribution < 1.29 is 4.42 Å². The molecular weight excluding hydrogens is 150 g/mol. The Bertz CT molecular complexity index is 229. The van der Waals surface area contributed by atoms with Crippen LogP contribution in [0.1, 0.15) is 37.8 Å². The maximum Gasteiger partial charge on any atom is 0.120 e. The largest absolute Gasteiger partial charge is 0.464 e. The molecule has 0 saturated carbocycles. The van der Waals surface area contributed by atoms with Crippen molar-refractivity contribution in [3.8, 4) is 0 Å². The molecule has 0 spiro atoms. The molecule has 1 N–H and O–H groups in total. The van der Waals surface area contributed by atoms with Crippen LogP contribution in [0.3, 0.4) is 0 Å². The summed E-state index contributed by atoms with van der Waals surface area (Å²) >= 11 is 0. The Kier molecular flexibility index (Phi) is 3.35. The van der Waals surface area contributed by atoms with Gasteiger partial charge in [0.1, 0.15) is 11.5 Å². The van der Waals surface area contributed by atoms with E-state index in [2.05, 4.69) is 25.2 Å². The zero-order valence-electron chi connectivity index (χ0n) is 8.05. The normalized spacial score (nSPS) is 13.2. The van der Waals surface area contributed by atoms with Crippen molar-refractivity contribution in [2.24, 2.45) is 0 Å². The van der Waals surface area contributed by atoms with Gasteiger partial charge in [-0.1, -0.05) is 6.92 Å². The summed E-state index contributed by atoms with van der Waals surface area (Å²) in [4.78, 5) is 0. The van der Waals surface area contributed by atoms with Crippen LogP contribution in [0.25, 0.3) is 0 Å². The third-order valence-electron chi connectivity index (χ3n) is 2.04. The van der Waals surface area contributed by atoms with Crippen LogP contribution in [-0.2, 0) is 6.42 Å². The summed E-state index contributed by atoms with van der Waals surface area (Å²) in [5, 5.41) is 3.14. The van der Waals surface area contributed by atoms with Crippen LogP contribution in [-0.4, -0.2) is 7.05 Å². The van der Waals surface area contributed by atoms with Gasteiger partial charge in [0.15, 0.2) is 0 Å². The second-order valence-electron chi connectivity index (χ2n) is 3.06. The van der Waals surface area contributed by atoms with E-state index >= 15 is 0 Å². The van der Waals surface area contributed by atoms with E-state index in [1.807, 2.05) is 13.1 Å². The Morgan fingerprint density at radius 3 is 2.83 bits per heavy atom. The molecule has 2 nitrogen and oxygen atoms in total. The van der Waals surface area contributed by atoms with E-state index in [4.69, 9.17) is 4.42 Å². The molecule has 2 heteroatoms. The summed E-state index contributed by atoms with van der Waals surface area (Å²) in [6.07, 6.45) is 2.18. The highest BCUT2D eigenvalue weighted by Gasteiger charge is 2.06. The first-order valence-corrected chi connectivity index (χ1v) is 4.53. The fourth-order valence-corrected chi connectivity index (χ4v) is 1.15. The second-order valence-corrected chi connectivity index (χ2v) is 3.06.